The van der Waals surface area contributed by atoms with Crippen molar-refractivity contribution in [1.29, 1.82) is 0 Å². The molecule has 0 atom stereocenters. The Bertz CT molecular complexity index is 663. The van der Waals surface area contributed by atoms with Crippen molar-refractivity contribution in [2.24, 2.45) is 0 Å². The van der Waals surface area contributed by atoms with Crippen molar-refractivity contribution < 1.29 is 4.39 Å². The van der Waals surface area contributed by atoms with Gasteiger partial charge in [-0.2, -0.15) is 15.0 Å². The van der Waals surface area contributed by atoms with Crippen molar-refractivity contribution in [2.75, 3.05) is 23.3 Å². The van der Waals surface area contributed by atoms with E-state index in [0.29, 0.717) is 22.1 Å². The zero-order valence-electron chi connectivity index (χ0n) is 11.0. The molecule has 0 aliphatic carbocycles. The molecule has 0 amide bonds. The van der Waals surface area contributed by atoms with Gasteiger partial charge in [0.1, 0.15) is 5.82 Å². The number of hydrogen-bond donors (Lipinski definition) is 1. The van der Waals surface area contributed by atoms with Crippen LogP contribution in [0.4, 0.5) is 22.0 Å². The maximum atomic E-state index is 13.5. The van der Waals surface area contributed by atoms with Gasteiger partial charge in [0.2, 0.25) is 17.2 Å². The van der Waals surface area contributed by atoms with Gasteiger partial charge in [0.15, 0.2) is 0 Å². The zero-order valence-corrected chi connectivity index (χ0v) is 13.3. The van der Waals surface area contributed by atoms with Crippen LogP contribution in [0.25, 0.3) is 0 Å². The molecule has 3 rings (SSSR count). The number of halogens is 3. The Labute approximate surface area is 134 Å². The first kappa shape index (κ1) is 14.5. The summed E-state index contributed by atoms with van der Waals surface area (Å²) in [6.45, 7) is 1.82. The molecule has 0 bridgehead atoms. The SMILES string of the molecule is Fc1cc(Nc2nc(Cl)nc(N3CCCC3)n2)ccc1Br. The van der Waals surface area contributed by atoms with Crippen molar-refractivity contribution >= 4 is 45.1 Å². The Balaban J connectivity index is 1.85. The molecular formula is C13H12BrClFN5. The summed E-state index contributed by atoms with van der Waals surface area (Å²) in [5.41, 5.74) is 0.547. The normalized spacial score (nSPS) is 14.5. The Kier molecular flexibility index (Phi) is 4.21. The van der Waals surface area contributed by atoms with Crippen LogP contribution in [0.2, 0.25) is 5.28 Å². The van der Waals surface area contributed by atoms with Crippen molar-refractivity contribution in [1.82, 2.24) is 15.0 Å². The Morgan fingerprint density at radius 1 is 1.19 bits per heavy atom. The van der Waals surface area contributed by atoms with Gasteiger partial charge in [-0.05, 0) is 58.6 Å². The molecular weight excluding hydrogens is 361 g/mol. The highest BCUT2D eigenvalue weighted by Crippen LogP contribution is 2.23. The Morgan fingerprint density at radius 3 is 2.67 bits per heavy atom. The number of benzene rings is 1. The average molecular weight is 373 g/mol. The van der Waals surface area contributed by atoms with E-state index in [-0.39, 0.29) is 11.1 Å². The van der Waals surface area contributed by atoms with Crippen LogP contribution in [0.3, 0.4) is 0 Å². The fraction of sp³-hybridized carbons (Fsp3) is 0.308. The van der Waals surface area contributed by atoms with Crippen molar-refractivity contribution in [3.05, 3.63) is 33.8 Å². The predicted octanol–water partition coefficient (Wildman–Crippen LogP) is 3.77. The number of anilines is 3. The summed E-state index contributed by atoms with van der Waals surface area (Å²) < 4.78 is 13.9. The maximum Gasteiger partial charge on any atom is 0.233 e. The lowest BCUT2D eigenvalue weighted by Crippen LogP contribution is -2.21. The molecule has 0 saturated carbocycles. The van der Waals surface area contributed by atoms with E-state index in [0.717, 1.165) is 25.9 Å². The summed E-state index contributed by atoms with van der Waals surface area (Å²) in [6.07, 6.45) is 2.23. The number of nitrogens with one attached hydrogen (secondary N) is 1. The number of nitrogens with zero attached hydrogens (tertiary/aromatic N) is 4. The smallest absolute Gasteiger partial charge is 0.233 e. The fourth-order valence-electron chi connectivity index (χ4n) is 2.16. The number of hydrogen-bond acceptors (Lipinski definition) is 5. The molecule has 1 aromatic carbocycles. The second-order valence-corrected chi connectivity index (χ2v) is 5.87. The summed E-state index contributed by atoms with van der Waals surface area (Å²) >= 11 is 9.05. The first-order chi connectivity index (χ1) is 10.1. The van der Waals surface area contributed by atoms with Crippen molar-refractivity contribution in [2.45, 2.75) is 12.8 Å². The summed E-state index contributed by atoms with van der Waals surface area (Å²) in [4.78, 5) is 14.6. The van der Waals surface area contributed by atoms with Gasteiger partial charge in [-0.25, -0.2) is 4.39 Å². The molecule has 1 saturated heterocycles. The van der Waals surface area contributed by atoms with Crippen molar-refractivity contribution in [3.63, 3.8) is 0 Å². The van der Waals surface area contributed by atoms with E-state index in [4.69, 9.17) is 11.6 Å². The van der Waals surface area contributed by atoms with E-state index >= 15 is 0 Å². The van der Waals surface area contributed by atoms with Crippen molar-refractivity contribution in [3.8, 4) is 0 Å². The fourth-order valence-corrected chi connectivity index (χ4v) is 2.56. The lowest BCUT2D eigenvalue weighted by Gasteiger charge is -2.15. The quantitative estimate of drug-likeness (QED) is 0.889. The molecule has 8 heteroatoms. The van der Waals surface area contributed by atoms with E-state index < -0.39 is 0 Å². The summed E-state index contributed by atoms with van der Waals surface area (Å²) in [5, 5.41) is 3.06. The minimum atomic E-state index is -0.361. The maximum absolute atomic E-state index is 13.5. The van der Waals surface area contributed by atoms with Gasteiger partial charge in [0.05, 0.1) is 4.47 Å². The molecule has 110 valence electrons. The van der Waals surface area contributed by atoms with E-state index in [1.54, 1.807) is 12.1 Å². The third kappa shape index (κ3) is 3.41. The minimum absolute atomic E-state index is 0.118. The summed E-state index contributed by atoms with van der Waals surface area (Å²) in [5.74, 6) is 0.492. The topological polar surface area (TPSA) is 53.9 Å². The third-order valence-electron chi connectivity index (χ3n) is 3.16. The second-order valence-electron chi connectivity index (χ2n) is 4.68. The van der Waals surface area contributed by atoms with Gasteiger partial charge < -0.3 is 10.2 Å². The van der Waals surface area contributed by atoms with E-state index in [1.165, 1.54) is 6.07 Å². The molecule has 1 N–H and O–H groups in total. The summed E-state index contributed by atoms with van der Waals surface area (Å²) in [6, 6.07) is 4.69. The van der Waals surface area contributed by atoms with Crippen LogP contribution >= 0.6 is 27.5 Å². The van der Waals surface area contributed by atoms with Crippen LogP contribution in [-0.2, 0) is 0 Å². The van der Waals surface area contributed by atoms with Crippen LogP contribution in [0.15, 0.2) is 22.7 Å². The van der Waals surface area contributed by atoms with Crippen LogP contribution < -0.4 is 10.2 Å². The molecule has 2 aromatic rings. The Morgan fingerprint density at radius 2 is 1.95 bits per heavy atom. The largest absolute Gasteiger partial charge is 0.341 e. The predicted molar refractivity (Wildman–Crippen MR) is 83.7 cm³/mol. The highest BCUT2D eigenvalue weighted by atomic mass is 79.9. The molecule has 1 aromatic heterocycles. The van der Waals surface area contributed by atoms with Gasteiger partial charge in [-0.3, -0.25) is 0 Å². The first-order valence-corrected chi connectivity index (χ1v) is 7.67. The second kappa shape index (κ2) is 6.11. The minimum Gasteiger partial charge on any atom is -0.341 e. The molecule has 1 fully saturated rings. The van der Waals surface area contributed by atoms with Gasteiger partial charge in [-0.1, -0.05) is 0 Å². The molecule has 0 spiro atoms. The van der Waals surface area contributed by atoms with Gasteiger partial charge in [0, 0.05) is 18.8 Å². The third-order valence-corrected chi connectivity index (χ3v) is 3.97. The number of rotatable bonds is 3. The first-order valence-electron chi connectivity index (χ1n) is 6.50. The van der Waals surface area contributed by atoms with Crippen LogP contribution in [0.1, 0.15) is 12.8 Å². The van der Waals surface area contributed by atoms with Crippen LogP contribution in [0.5, 0.6) is 0 Å². The van der Waals surface area contributed by atoms with E-state index in [1.807, 2.05) is 0 Å². The molecule has 5 nitrogen and oxygen atoms in total. The molecule has 2 heterocycles. The van der Waals surface area contributed by atoms with Crippen LogP contribution in [0, 0.1) is 5.82 Å². The van der Waals surface area contributed by atoms with Gasteiger partial charge in [-0.15, -0.1) is 0 Å². The zero-order chi connectivity index (χ0) is 14.8. The van der Waals surface area contributed by atoms with E-state index in [9.17, 15) is 4.39 Å². The Hall–Kier alpha value is -1.47. The number of aromatic nitrogens is 3. The molecule has 0 unspecified atom stereocenters. The lowest BCUT2D eigenvalue weighted by atomic mass is 10.3. The molecule has 1 aliphatic rings. The average Bonchev–Trinajstić information content (AvgIpc) is 2.96. The molecule has 0 radical (unpaired) electrons. The molecule has 21 heavy (non-hydrogen) atoms. The van der Waals surface area contributed by atoms with Crippen LogP contribution in [-0.4, -0.2) is 28.0 Å². The van der Waals surface area contributed by atoms with E-state index in [2.05, 4.69) is 41.1 Å². The lowest BCUT2D eigenvalue weighted by molar-refractivity contribution is 0.622. The summed E-state index contributed by atoms with van der Waals surface area (Å²) in [7, 11) is 0. The highest BCUT2D eigenvalue weighted by Gasteiger charge is 2.17. The van der Waals surface area contributed by atoms with Gasteiger partial charge >= 0.3 is 0 Å². The monoisotopic (exact) mass is 371 g/mol. The highest BCUT2D eigenvalue weighted by molar-refractivity contribution is 9.10. The van der Waals surface area contributed by atoms with Gasteiger partial charge in [0.25, 0.3) is 0 Å². The standard InChI is InChI=1S/C13H12BrClFN5/c14-9-4-3-8(7-10(9)16)17-12-18-11(15)19-13(20-12)21-5-1-2-6-21/h3-4,7H,1-2,5-6H2,(H,17,18,19,20). The molecule has 1 aliphatic heterocycles.